The first-order chi connectivity index (χ1) is 6.79. The summed E-state index contributed by atoms with van der Waals surface area (Å²) in [6.45, 7) is 2.61. The van der Waals surface area contributed by atoms with Gasteiger partial charge in [-0.25, -0.2) is 0 Å². The highest BCUT2D eigenvalue weighted by Crippen LogP contribution is 2.27. The van der Waals surface area contributed by atoms with Crippen LogP contribution in [0, 0.1) is 0 Å². The van der Waals surface area contributed by atoms with E-state index in [4.69, 9.17) is 0 Å². The molecule has 0 bridgehead atoms. The van der Waals surface area contributed by atoms with E-state index in [1.807, 2.05) is 18.2 Å². The second kappa shape index (κ2) is 3.93. The summed E-state index contributed by atoms with van der Waals surface area (Å²) in [4.78, 5) is 11.4. The van der Waals surface area contributed by atoms with E-state index < -0.39 is 0 Å². The summed E-state index contributed by atoms with van der Waals surface area (Å²) in [7, 11) is 0. The van der Waals surface area contributed by atoms with Crippen molar-refractivity contribution >= 4 is 5.78 Å². The zero-order chi connectivity index (χ0) is 9.97. The van der Waals surface area contributed by atoms with Gasteiger partial charge in [-0.2, -0.15) is 0 Å². The first kappa shape index (κ1) is 9.41. The van der Waals surface area contributed by atoms with Crippen molar-refractivity contribution < 1.29 is 4.79 Å². The van der Waals surface area contributed by atoms with Crippen LogP contribution in [0.3, 0.4) is 0 Å². The summed E-state index contributed by atoms with van der Waals surface area (Å²) in [5.41, 5.74) is 1.28. The van der Waals surface area contributed by atoms with Crippen LogP contribution in [0.15, 0.2) is 30.3 Å². The van der Waals surface area contributed by atoms with Gasteiger partial charge in [0.15, 0.2) is 0 Å². The third-order valence-electron chi connectivity index (χ3n) is 2.89. The Morgan fingerprint density at radius 1 is 1.36 bits per heavy atom. The highest BCUT2D eigenvalue weighted by Gasteiger charge is 2.30. The summed E-state index contributed by atoms with van der Waals surface area (Å²) in [5, 5.41) is 3.26. The molecular formula is C12H15NO. The predicted octanol–water partition coefficient (Wildman–Crippen LogP) is 1.72. The third-order valence-corrected chi connectivity index (χ3v) is 2.89. The maximum atomic E-state index is 11.4. The molecule has 1 aromatic carbocycles. The van der Waals surface area contributed by atoms with Gasteiger partial charge in [-0.15, -0.1) is 0 Å². The molecule has 0 aliphatic carbocycles. The molecule has 2 heteroatoms. The predicted molar refractivity (Wildman–Crippen MR) is 56.3 cm³/mol. The summed E-state index contributed by atoms with van der Waals surface area (Å²) in [5.74, 6) is 0.616. The molecule has 0 radical (unpaired) electrons. The van der Waals surface area contributed by atoms with Crippen LogP contribution in [0.4, 0.5) is 0 Å². The van der Waals surface area contributed by atoms with Crippen molar-refractivity contribution in [2.75, 3.05) is 6.54 Å². The van der Waals surface area contributed by atoms with E-state index in [1.54, 1.807) is 6.92 Å². The highest BCUT2D eigenvalue weighted by atomic mass is 16.1. The van der Waals surface area contributed by atoms with Gasteiger partial charge in [-0.05, 0) is 25.5 Å². The number of rotatable bonds is 2. The standard InChI is InChI=1S/C12H15NO/c1-9(14)12-11(7-8-13-12)10-5-3-2-4-6-10/h2-6,11-13H,7-8H2,1H3/t11?,12-/m1/s1. The summed E-state index contributed by atoms with van der Waals surface area (Å²) in [6, 6.07) is 10.3. The fraction of sp³-hybridized carbons (Fsp3) is 0.417. The lowest BCUT2D eigenvalue weighted by Crippen LogP contribution is -2.32. The number of carbonyl (C=O) groups excluding carboxylic acids is 1. The molecule has 1 aliphatic heterocycles. The van der Waals surface area contributed by atoms with Crippen molar-refractivity contribution in [2.24, 2.45) is 0 Å². The van der Waals surface area contributed by atoms with Gasteiger partial charge in [0.05, 0.1) is 6.04 Å². The molecule has 0 spiro atoms. The molecule has 2 rings (SSSR count). The van der Waals surface area contributed by atoms with Crippen LogP contribution in [0.5, 0.6) is 0 Å². The molecule has 14 heavy (non-hydrogen) atoms. The van der Waals surface area contributed by atoms with Gasteiger partial charge < -0.3 is 5.32 Å². The Morgan fingerprint density at radius 2 is 2.07 bits per heavy atom. The van der Waals surface area contributed by atoms with Gasteiger partial charge in [0, 0.05) is 5.92 Å². The lowest BCUT2D eigenvalue weighted by molar-refractivity contribution is -0.118. The molecule has 0 amide bonds. The molecule has 1 N–H and O–H groups in total. The van der Waals surface area contributed by atoms with E-state index >= 15 is 0 Å². The lowest BCUT2D eigenvalue weighted by atomic mass is 9.90. The quantitative estimate of drug-likeness (QED) is 0.767. The van der Waals surface area contributed by atoms with Crippen molar-refractivity contribution in [1.82, 2.24) is 5.32 Å². The first-order valence-corrected chi connectivity index (χ1v) is 5.08. The van der Waals surface area contributed by atoms with E-state index in [9.17, 15) is 4.79 Å². The third kappa shape index (κ3) is 1.70. The number of Topliss-reactive ketones (excluding diaryl/α,β-unsaturated/α-hetero) is 1. The molecule has 1 heterocycles. The fourth-order valence-electron chi connectivity index (χ4n) is 2.19. The lowest BCUT2D eigenvalue weighted by Gasteiger charge is -2.16. The van der Waals surface area contributed by atoms with Crippen molar-refractivity contribution in [3.63, 3.8) is 0 Å². The van der Waals surface area contributed by atoms with E-state index in [0.29, 0.717) is 5.92 Å². The topological polar surface area (TPSA) is 29.1 Å². The molecule has 1 aliphatic rings. The van der Waals surface area contributed by atoms with Crippen LogP contribution in [-0.4, -0.2) is 18.4 Å². The fourth-order valence-corrected chi connectivity index (χ4v) is 2.19. The van der Waals surface area contributed by atoms with E-state index in [2.05, 4.69) is 17.4 Å². The van der Waals surface area contributed by atoms with Crippen molar-refractivity contribution in [1.29, 1.82) is 0 Å². The Hall–Kier alpha value is -1.15. The normalized spacial score (nSPS) is 26.4. The Bertz CT molecular complexity index is 320. The summed E-state index contributed by atoms with van der Waals surface area (Å²) >= 11 is 0. The Morgan fingerprint density at radius 3 is 2.71 bits per heavy atom. The number of nitrogens with one attached hydrogen (secondary N) is 1. The van der Waals surface area contributed by atoms with Crippen LogP contribution in [0.1, 0.15) is 24.8 Å². The van der Waals surface area contributed by atoms with Crippen molar-refractivity contribution in [3.05, 3.63) is 35.9 Å². The molecule has 2 nitrogen and oxygen atoms in total. The molecule has 2 atom stereocenters. The number of hydrogen-bond acceptors (Lipinski definition) is 2. The van der Waals surface area contributed by atoms with Crippen LogP contribution in [0.25, 0.3) is 0 Å². The largest absolute Gasteiger partial charge is 0.307 e. The Labute approximate surface area is 84.3 Å². The Balaban J connectivity index is 2.22. The average molecular weight is 189 g/mol. The minimum absolute atomic E-state index is 0.0254. The molecular weight excluding hydrogens is 174 g/mol. The van der Waals surface area contributed by atoms with Gasteiger partial charge in [0.25, 0.3) is 0 Å². The van der Waals surface area contributed by atoms with Crippen molar-refractivity contribution in [2.45, 2.75) is 25.3 Å². The van der Waals surface area contributed by atoms with E-state index in [1.165, 1.54) is 5.56 Å². The van der Waals surface area contributed by atoms with Crippen LogP contribution >= 0.6 is 0 Å². The zero-order valence-corrected chi connectivity index (χ0v) is 8.36. The van der Waals surface area contributed by atoms with Gasteiger partial charge in [-0.3, -0.25) is 4.79 Å². The number of benzene rings is 1. The maximum absolute atomic E-state index is 11.4. The van der Waals surface area contributed by atoms with Crippen LogP contribution < -0.4 is 5.32 Å². The van der Waals surface area contributed by atoms with Gasteiger partial charge >= 0.3 is 0 Å². The molecule has 0 aromatic heterocycles. The second-order valence-corrected chi connectivity index (χ2v) is 3.85. The highest BCUT2D eigenvalue weighted by molar-refractivity contribution is 5.83. The smallest absolute Gasteiger partial charge is 0.147 e. The van der Waals surface area contributed by atoms with Crippen LogP contribution in [-0.2, 0) is 4.79 Å². The second-order valence-electron chi connectivity index (χ2n) is 3.85. The number of hydrogen-bond donors (Lipinski definition) is 1. The van der Waals surface area contributed by atoms with Crippen molar-refractivity contribution in [3.8, 4) is 0 Å². The van der Waals surface area contributed by atoms with Gasteiger partial charge in [-0.1, -0.05) is 30.3 Å². The molecule has 1 saturated heterocycles. The van der Waals surface area contributed by atoms with E-state index in [0.717, 1.165) is 13.0 Å². The molecule has 74 valence electrons. The van der Waals surface area contributed by atoms with Crippen LogP contribution in [0.2, 0.25) is 0 Å². The SMILES string of the molecule is CC(=O)[C@H]1NCCC1c1ccccc1. The monoisotopic (exact) mass is 189 g/mol. The number of carbonyl (C=O) groups is 1. The Kier molecular flexibility index (Phi) is 2.64. The molecule has 0 saturated carbocycles. The molecule has 1 fully saturated rings. The average Bonchev–Trinajstić information content (AvgIpc) is 2.67. The minimum atomic E-state index is 0.0254. The summed E-state index contributed by atoms with van der Waals surface area (Å²) in [6.07, 6.45) is 1.06. The van der Waals surface area contributed by atoms with E-state index in [-0.39, 0.29) is 11.8 Å². The zero-order valence-electron chi connectivity index (χ0n) is 8.36. The van der Waals surface area contributed by atoms with Gasteiger partial charge in [0.2, 0.25) is 0 Å². The minimum Gasteiger partial charge on any atom is -0.307 e. The summed E-state index contributed by atoms with van der Waals surface area (Å²) < 4.78 is 0. The maximum Gasteiger partial charge on any atom is 0.147 e. The molecule has 1 unspecified atom stereocenters. The molecule has 1 aromatic rings. The van der Waals surface area contributed by atoms with Gasteiger partial charge in [0.1, 0.15) is 5.78 Å². The first-order valence-electron chi connectivity index (χ1n) is 5.08. The number of ketones is 1.